The number of piperazine rings is 1. The number of carbonyl (C=O) groups excluding carboxylic acids is 1. The molecule has 4 rings (SSSR count). The average Bonchev–Trinajstić information content (AvgIpc) is 2.81. The van der Waals surface area contributed by atoms with E-state index in [1.807, 2.05) is 42.6 Å². The van der Waals surface area contributed by atoms with E-state index in [4.69, 9.17) is 11.6 Å². The van der Waals surface area contributed by atoms with E-state index in [0.717, 1.165) is 29.8 Å². The summed E-state index contributed by atoms with van der Waals surface area (Å²) in [6.07, 6.45) is 3.66. The Bertz CT molecular complexity index is 1020. The molecule has 1 amide bonds. The van der Waals surface area contributed by atoms with Gasteiger partial charge < -0.3 is 10.0 Å². The van der Waals surface area contributed by atoms with E-state index >= 15 is 0 Å². The highest BCUT2D eigenvalue weighted by Gasteiger charge is 2.27. The van der Waals surface area contributed by atoms with Crippen molar-refractivity contribution >= 4 is 17.5 Å². The van der Waals surface area contributed by atoms with Crippen LogP contribution in [0.25, 0.3) is 11.1 Å². The average molecular weight is 422 g/mol. The van der Waals surface area contributed by atoms with E-state index < -0.39 is 0 Å². The van der Waals surface area contributed by atoms with Crippen molar-refractivity contribution in [1.29, 1.82) is 0 Å². The van der Waals surface area contributed by atoms with E-state index in [2.05, 4.69) is 22.9 Å². The molecule has 0 bridgehead atoms. The van der Waals surface area contributed by atoms with Crippen LogP contribution in [0.15, 0.2) is 67.0 Å². The van der Waals surface area contributed by atoms with Gasteiger partial charge in [0.25, 0.3) is 5.91 Å². The number of hydrogen-bond acceptors (Lipinski definition) is 4. The molecule has 1 aliphatic rings. The molecule has 1 aliphatic heterocycles. The number of rotatable bonds is 4. The Kier molecular flexibility index (Phi) is 6.02. The first-order valence-electron chi connectivity index (χ1n) is 10.1. The Balaban J connectivity index is 1.50. The minimum atomic E-state index is -0.194. The van der Waals surface area contributed by atoms with Crippen LogP contribution >= 0.6 is 11.6 Å². The van der Waals surface area contributed by atoms with E-state index in [0.29, 0.717) is 13.1 Å². The molecular formula is C24H24ClN3O2. The number of amides is 1. The van der Waals surface area contributed by atoms with Gasteiger partial charge in [0.1, 0.15) is 5.75 Å². The summed E-state index contributed by atoms with van der Waals surface area (Å²) < 4.78 is 0. The topological polar surface area (TPSA) is 56.7 Å². The molecule has 30 heavy (non-hydrogen) atoms. The minimum absolute atomic E-state index is 0.160. The summed E-state index contributed by atoms with van der Waals surface area (Å²) in [5.74, 6) is -0.353. The number of pyridine rings is 1. The number of aromatic hydroxyl groups is 1. The molecule has 6 heteroatoms. The first kappa shape index (κ1) is 20.4. The van der Waals surface area contributed by atoms with E-state index in [9.17, 15) is 9.90 Å². The van der Waals surface area contributed by atoms with Gasteiger partial charge in [-0.15, -0.1) is 0 Å². The van der Waals surface area contributed by atoms with Crippen molar-refractivity contribution in [3.05, 3.63) is 83.1 Å². The Morgan fingerprint density at radius 3 is 2.43 bits per heavy atom. The Morgan fingerprint density at radius 1 is 1.03 bits per heavy atom. The molecule has 0 aliphatic carbocycles. The van der Waals surface area contributed by atoms with Gasteiger partial charge in [-0.25, -0.2) is 0 Å². The molecule has 3 aromatic rings. The maximum atomic E-state index is 13.2. The summed E-state index contributed by atoms with van der Waals surface area (Å²) in [7, 11) is 0. The molecule has 0 spiro atoms. The predicted molar refractivity (Wildman–Crippen MR) is 119 cm³/mol. The second kappa shape index (κ2) is 8.86. The fraction of sp³-hybridized carbons (Fsp3) is 0.250. The number of hydrogen-bond donors (Lipinski definition) is 1. The molecule has 1 atom stereocenters. The van der Waals surface area contributed by atoms with Crippen LogP contribution in [-0.2, 0) is 0 Å². The molecule has 2 heterocycles. The monoisotopic (exact) mass is 421 g/mol. The molecular weight excluding hydrogens is 398 g/mol. The fourth-order valence-corrected chi connectivity index (χ4v) is 4.10. The van der Waals surface area contributed by atoms with Crippen LogP contribution in [0, 0.1) is 0 Å². The van der Waals surface area contributed by atoms with Crippen molar-refractivity contribution < 1.29 is 9.90 Å². The van der Waals surface area contributed by atoms with Crippen molar-refractivity contribution in [1.82, 2.24) is 14.8 Å². The van der Waals surface area contributed by atoms with Gasteiger partial charge >= 0.3 is 0 Å². The third-order valence-corrected chi connectivity index (χ3v) is 6.01. The quantitative estimate of drug-likeness (QED) is 0.667. The second-order valence-corrected chi connectivity index (χ2v) is 7.92. The van der Waals surface area contributed by atoms with Crippen LogP contribution in [0.2, 0.25) is 5.02 Å². The normalized spacial score (nSPS) is 15.7. The maximum Gasteiger partial charge on any atom is 0.257 e. The van der Waals surface area contributed by atoms with Crippen molar-refractivity contribution in [2.45, 2.75) is 13.0 Å². The smallest absolute Gasteiger partial charge is 0.257 e. The van der Waals surface area contributed by atoms with Crippen LogP contribution in [0.3, 0.4) is 0 Å². The van der Waals surface area contributed by atoms with Gasteiger partial charge in [-0.05, 0) is 41.8 Å². The van der Waals surface area contributed by atoms with Crippen molar-refractivity contribution in [3.8, 4) is 16.9 Å². The number of benzene rings is 2. The minimum Gasteiger partial charge on any atom is -0.506 e. The van der Waals surface area contributed by atoms with Crippen LogP contribution in [0.5, 0.6) is 5.75 Å². The third-order valence-electron chi connectivity index (χ3n) is 5.72. The van der Waals surface area contributed by atoms with Crippen molar-refractivity contribution in [2.24, 2.45) is 0 Å². The molecule has 1 fully saturated rings. The highest BCUT2D eigenvalue weighted by atomic mass is 35.5. The van der Waals surface area contributed by atoms with Crippen LogP contribution in [-0.4, -0.2) is 52.0 Å². The largest absolute Gasteiger partial charge is 0.506 e. The van der Waals surface area contributed by atoms with Gasteiger partial charge in [0.05, 0.1) is 10.6 Å². The number of halogens is 1. The highest BCUT2D eigenvalue weighted by Crippen LogP contribution is 2.34. The van der Waals surface area contributed by atoms with Gasteiger partial charge in [0, 0.05) is 44.6 Å². The molecule has 0 saturated carbocycles. The van der Waals surface area contributed by atoms with E-state index in [-0.39, 0.29) is 28.3 Å². The summed E-state index contributed by atoms with van der Waals surface area (Å²) in [4.78, 5) is 21.5. The number of aromatic nitrogens is 1. The third kappa shape index (κ3) is 4.18. The molecule has 0 unspecified atom stereocenters. The van der Waals surface area contributed by atoms with Gasteiger partial charge in [-0.1, -0.05) is 48.0 Å². The van der Waals surface area contributed by atoms with Crippen LogP contribution < -0.4 is 0 Å². The number of carbonyl (C=O) groups is 1. The summed E-state index contributed by atoms with van der Waals surface area (Å²) in [5, 5.41) is 10.6. The Labute approximate surface area is 181 Å². The molecule has 1 saturated heterocycles. The second-order valence-electron chi connectivity index (χ2n) is 7.51. The molecule has 1 N–H and O–H groups in total. The Morgan fingerprint density at radius 2 is 1.77 bits per heavy atom. The van der Waals surface area contributed by atoms with E-state index in [1.165, 1.54) is 0 Å². The van der Waals surface area contributed by atoms with Crippen LogP contribution in [0.1, 0.15) is 28.9 Å². The SMILES string of the molecule is C[C@H](c1cccnc1)N1CCN(C(=O)c2cc(-c3ccccc3)cc(Cl)c2O)CC1. The molecule has 0 radical (unpaired) electrons. The van der Waals surface area contributed by atoms with Crippen molar-refractivity contribution in [3.63, 3.8) is 0 Å². The lowest BCUT2D eigenvalue weighted by Gasteiger charge is -2.38. The molecule has 2 aromatic carbocycles. The highest BCUT2D eigenvalue weighted by molar-refractivity contribution is 6.33. The number of phenols is 1. The van der Waals surface area contributed by atoms with Gasteiger partial charge in [-0.3, -0.25) is 14.7 Å². The molecule has 1 aromatic heterocycles. The van der Waals surface area contributed by atoms with Gasteiger partial charge in [-0.2, -0.15) is 0 Å². The lowest BCUT2D eigenvalue weighted by Crippen LogP contribution is -2.49. The van der Waals surface area contributed by atoms with Gasteiger partial charge in [0.2, 0.25) is 0 Å². The predicted octanol–water partition coefficient (Wildman–Crippen LogP) is 4.63. The summed E-state index contributed by atoms with van der Waals surface area (Å²) >= 11 is 6.25. The van der Waals surface area contributed by atoms with Crippen molar-refractivity contribution in [2.75, 3.05) is 26.2 Å². The summed E-state index contributed by atoms with van der Waals surface area (Å²) in [5.41, 5.74) is 3.17. The standard InChI is InChI=1S/C24H24ClN3O2/c1-17(19-8-5-9-26-16-19)27-10-12-28(13-11-27)24(30)21-14-20(15-22(25)23(21)29)18-6-3-2-4-7-18/h2-9,14-17,29H,10-13H2,1H3/t17-/m1/s1. The first-order valence-corrected chi connectivity index (χ1v) is 10.4. The lowest BCUT2D eigenvalue weighted by molar-refractivity contribution is 0.0579. The molecule has 154 valence electrons. The lowest BCUT2D eigenvalue weighted by atomic mass is 10.0. The van der Waals surface area contributed by atoms with Crippen LogP contribution in [0.4, 0.5) is 0 Å². The van der Waals surface area contributed by atoms with Gasteiger partial charge in [0.15, 0.2) is 0 Å². The molecule has 5 nitrogen and oxygen atoms in total. The summed E-state index contributed by atoms with van der Waals surface area (Å²) in [6.45, 7) is 4.86. The fourth-order valence-electron chi connectivity index (χ4n) is 3.88. The summed E-state index contributed by atoms with van der Waals surface area (Å²) in [6, 6.07) is 17.4. The number of phenolic OH excluding ortho intramolecular Hbond substituents is 1. The Hall–Kier alpha value is -2.89. The zero-order valence-electron chi connectivity index (χ0n) is 16.8. The van der Waals surface area contributed by atoms with E-state index in [1.54, 1.807) is 23.2 Å². The maximum absolute atomic E-state index is 13.2. The zero-order chi connectivity index (χ0) is 21.1. The first-order chi connectivity index (χ1) is 14.5. The number of nitrogens with zero attached hydrogens (tertiary/aromatic N) is 3. The zero-order valence-corrected chi connectivity index (χ0v) is 17.6.